The van der Waals surface area contributed by atoms with Gasteiger partial charge in [0.2, 0.25) is 0 Å². The second kappa shape index (κ2) is 13.3. The van der Waals surface area contributed by atoms with Crippen molar-refractivity contribution in [2.24, 2.45) is 12.0 Å². The molecule has 2 N–H and O–H groups in total. The quantitative estimate of drug-likeness (QED) is 0.212. The molecule has 0 amide bonds. The Morgan fingerprint density at radius 2 is 2.03 bits per heavy atom. The molecule has 2 aromatic heterocycles. The van der Waals surface area contributed by atoms with Crippen molar-refractivity contribution in [3.8, 4) is 0 Å². The second-order valence-electron chi connectivity index (χ2n) is 7.88. The summed E-state index contributed by atoms with van der Waals surface area (Å²) in [6, 6.07) is 4.68. The van der Waals surface area contributed by atoms with Crippen molar-refractivity contribution in [2.75, 3.05) is 39.4 Å². The summed E-state index contributed by atoms with van der Waals surface area (Å²) in [6.45, 7) is 12.5. The van der Waals surface area contributed by atoms with E-state index in [1.54, 1.807) is 0 Å². The lowest BCUT2D eigenvalue weighted by atomic mass is 10.2. The molecule has 1 atom stereocenters. The Labute approximate surface area is 206 Å². The van der Waals surface area contributed by atoms with Crippen molar-refractivity contribution < 1.29 is 4.74 Å². The molecule has 0 radical (unpaired) electrons. The fourth-order valence-corrected chi connectivity index (χ4v) is 4.43. The Bertz CT molecular complexity index is 817. The van der Waals surface area contributed by atoms with Crippen LogP contribution in [0.2, 0.25) is 0 Å². The van der Waals surface area contributed by atoms with Crippen molar-refractivity contribution in [3.05, 3.63) is 33.5 Å². The van der Waals surface area contributed by atoms with E-state index in [0.29, 0.717) is 6.54 Å². The second-order valence-corrected chi connectivity index (χ2v) is 9.26. The lowest BCUT2D eigenvalue weighted by molar-refractivity contribution is 0.0376. The number of aliphatic imine (C=N–C) groups is 1. The topological polar surface area (TPSA) is 79.6 Å². The van der Waals surface area contributed by atoms with Crippen LogP contribution in [0, 0.1) is 13.8 Å². The molecule has 31 heavy (non-hydrogen) atoms. The van der Waals surface area contributed by atoms with Crippen LogP contribution in [0.5, 0.6) is 0 Å². The predicted molar refractivity (Wildman–Crippen MR) is 138 cm³/mol. The molecule has 0 aromatic carbocycles. The molecule has 174 valence electrons. The summed E-state index contributed by atoms with van der Waals surface area (Å²) in [5, 5.41) is 15.4. The highest BCUT2D eigenvalue weighted by Crippen LogP contribution is 2.16. The van der Waals surface area contributed by atoms with Gasteiger partial charge in [-0.1, -0.05) is 0 Å². The van der Waals surface area contributed by atoms with Crippen molar-refractivity contribution in [1.82, 2.24) is 30.3 Å². The van der Waals surface area contributed by atoms with Gasteiger partial charge in [0, 0.05) is 48.9 Å². The van der Waals surface area contributed by atoms with Crippen molar-refractivity contribution in [2.45, 2.75) is 46.2 Å². The molecular weight excluding hydrogens is 525 g/mol. The molecule has 8 nitrogen and oxygen atoms in total. The normalized spacial score (nSPS) is 16.1. The third-order valence-electron chi connectivity index (χ3n) is 5.30. The predicted octanol–water partition coefficient (Wildman–Crippen LogP) is 2.50. The van der Waals surface area contributed by atoms with Crippen LogP contribution in [0.25, 0.3) is 0 Å². The maximum atomic E-state index is 5.43. The van der Waals surface area contributed by atoms with Gasteiger partial charge >= 0.3 is 0 Å². The van der Waals surface area contributed by atoms with E-state index in [0.717, 1.165) is 69.8 Å². The maximum absolute atomic E-state index is 5.43. The van der Waals surface area contributed by atoms with E-state index in [1.165, 1.54) is 9.75 Å². The lowest BCUT2D eigenvalue weighted by Gasteiger charge is -2.26. The van der Waals surface area contributed by atoms with Crippen LogP contribution in [-0.2, 0) is 24.8 Å². The first-order valence-corrected chi connectivity index (χ1v) is 11.6. The molecule has 1 unspecified atom stereocenters. The zero-order valence-corrected chi connectivity index (χ0v) is 22.2. The van der Waals surface area contributed by atoms with Crippen LogP contribution in [0.3, 0.4) is 0 Å². The number of nitrogens with one attached hydrogen (secondary N) is 2. The highest BCUT2D eigenvalue weighted by molar-refractivity contribution is 14.0. The summed E-state index contributed by atoms with van der Waals surface area (Å²) in [5.41, 5.74) is 0. The van der Waals surface area contributed by atoms with Crippen molar-refractivity contribution in [3.63, 3.8) is 0 Å². The lowest BCUT2D eigenvalue weighted by Crippen LogP contribution is -2.44. The van der Waals surface area contributed by atoms with Gasteiger partial charge in [-0.15, -0.1) is 45.5 Å². The number of hydrogen-bond acceptors (Lipinski definition) is 6. The molecule has 0 aliphatic carbocycles. The van der Waals surface area contributed by atoms with E-state index in [9.17, 15) is 0 Å². The molecule has 1 fully saturated rings. The molecule has 1 aliphatic heterocycles. The van der Waals surface area contributed by atoms with Gasteiger partial charge in [0.1, 0.15) is 12.4 Å². The van der Waals surface area contributed by atoms with Crippen LogP contribution < -0.4 is 10.6 Å². The molecule has 10 heteroatoms. The summed E-state index contributed by atoms with van der Waals surface area (Å²) in [5.74, 6) is 2.59. The SMILES string of the molecule is Cc1ccc(CC(C)NC(=NCc2nnc(C)n2C)NCCCN2CCOCC2)s1.I. The molecule has 3 rings (SSSR count). The van der Waals surface area contributed by atoms with Gasteiger partial charge < -0.3 is 19.9 Å². The highest BCUT2D eigenvalue weighted by Gasteiger charge is 2.12. The number of thiophene rings is 1. The van der Waals surface area contributed by atoms with E-state index >= 15 is 0 Å². The van der Waals surface area contributed by atoms with E-state index in [-0.39, 0.29) is 30.0 Å². The van der Waals surface area contributed by atoms with Gasteiger partial charge in [0.25, 0.3) is 0 Å². The Kier molecular flexibility index (Phi) is 11.2. The Morgan fingerprint density at radius 1 is 1.26 bits per heavy atom. The van der Waals surface area contributed by atoms with Gasteiger partial charge in [-0.2, -0.15) is 0 Å². The van der Waals surface area contributed by atoms with Crippen LogP contribution in [0.1, 0.15) is 34.7 Å². The standard InChI is InChI=1S/C21H35N7OS.HI/c1-16(14-19-7-6-17(2)30-19)24-21(23-15-20-26-25-18(3)27(20)4)22-8-5-9-28-10-12-29-13-11-28;/h6-7,16H,5,8-15H2,1-4H3,(H2,22,23,24);1H. The molecule has 0 bridgehead atoms. The molecule has 0 saturated carbocycles. The van der Waals surface area contributed by atoms with E-state index in [4.69, 9.17) is 9.73 Å². The van der Waals surface area contributed by atoms with Crippen molar-refractivity contribution in [1.29, 1.82) is 0 Å². The Hall–Kier alpha value is -1.24. The van der Waals surface area contributed by atoms with E-state index in [1.807, 2.05) is 29.9 Å². The average molecular weight is 562 g/mol. The number of aryl methyl sites for hydroxylation is 2. The maximum Gasteiger partial charge on any atom is 0.191 e. The number of halogens is 1. The van der Waals surface area contributed by atoms with Gasteiger partial charge in [0.15, 0.2) is 11.8 Å². The zero-order chi connectivity index (χ0) is 21.3. The number of morpholine rings is 1. The van der Waals surface area contributed by atoms with Gasteiger partial charge in [-0.05, 0) is 45.9 Å². The van der Waals surface area contributed by atoms with Crippen LogP contribution in [0.4, 0.5) is 0 Å². The number of hydrogen-bond donors (Lipinski definition) is 2. The van der Waals surface area contributed by atoms with Crippen LogP contribution in [-0.4, -0.2) is 71.1 Å². The van der Waals surface area contributed by atoms with Gasteiger partial charge in [-0.3, -0.25) is 4.90 Å². The van der Waals surface area contributed by atoms with E-state index < -0.39 is 0 Å². The monoisotopic (exact) mass is 561 g/mol. The third kappa shape index (κ3) is 8.66. The number of rotatable bonds is 9. The zero-order valence-electron chi connectivity index (χ0n) is 19.1. The Morgan fingerprint density at radius 3 is 2.68 bits per heavy atom. The van der Waals surface area contributed by atoms with Crippen LogP contribution >= 0.6 is 35.3 Å². The third-order valence-corrected chi connectivity index (χ3v) is 6.32. The summed E-state index contributed by atoms with van der Waals surface area (Å²) in [7, 11) is 1.98. The minimum absolute atomic E-state index is 0. The fourth-order valence-electron chi connectivity index (χ4n) is 3.41. The first-order chi connectivity index (χ1) is 14.5. The fraction of sp³-hybridized carbons (Fsp3) is 0.667. The molecule has 1 aliphatic rings. The number of nitrogens with zero attached hydrogens (tertiary/aromatic N) is 5. The largest absolute Gasteiger partial charge is 0.379 e. The summed E-state index contributed by atoms with van der Waals surface area (Å²) >= 11 is 1.86. The molecular formula is C21H36IN7OS. The van der Waals surface area contributed by atoms with Gasteiger partial charge in [-0.25, -0.2) is 4.99 Å². The van der Waals surface area contributed by atoms with Gasteiger partial charge in [0.05, 0.1) is 13.2 Å². The first-order valence-electron chi connectivity index (χ1n) is 10.8. The first kappa shape index (κ1) is 26.0. The smallest absolute Gasteiger partial charge is 0.191 e. The summed E-state index contributed by atoms with van der Waals surface area (Å²) < 4.78 is 7.41. The summed E-state index contributed by atoms with van der Waals surface area (Å²) in [6.07, 6.45) is 2.05. The highest BCUT2D eigenvalue weighted by atomic mass is 127. The van der Waals surface area contributed by atoms with Crippen molar-refractivity contribution >= 4 is 41.3 Å². The number of guanidine groups is 1. The molecule has 3 heterocycles. The average Bonchev–Trinajstić information content (AvgIpc) is 3.29. The molecule has 1 saturated heterocycles. The minimum atomic E-state index is 0. The number of aromatic nitrogens is 3. The molecule has 2 aromatic rings. The minimum Gasteiger partial charge on any atom is -0.379 e. The van der Waals surface area contributed by atoms with E-state index in [2.05, 4.69) is 51.7 Å². The summed E-state index contributed by atoms with van der Waals surface area (Å²) in [4.78, 5) is 9.98. The van der Waals surface area contributed by atoms with Crippen LogP contribution in [0.15, 0.2) is 17.1 Å². The number of ether oxygens (including phenoxy) is 1. The molecule has 0 spiro atoms. The Balaban J connectivity index is 0.00000341.